The molecule has 1 aromatic carbocycles. The van der Waals surface area contributed by atoms with Crippen LogP contribution < -0.4 is 10.2 Å². The third-order valence-corrected chi connectivity index (χ3v) is 3.40. The van der Waals surface area contributed by atoms with Crippen molar-refractivity contribution < 1.29 is 0 Å². The van der Waals surface area contributed by atoms with E-state index in [0.29, 0.717) is 6.04 Å². The van der Waals surface area contributed by atoms with Crippen LogP contribution in [-0.2, 0) is 0 Å². The van der Waals surface area contributed by atoms with Crippen molar-refractivity contribution in [2.75, 3.05) is 18.0 Å². The van der Waals surface area contributed by atoms with E-state index in [2.05, 4.69) is 62.2 Å². The van der Waals surface area contributed by atoms with Gasteiger partial charge in [-0.3, -0.25) is 0 Å². The summed E-state index contributed by atoms with van der Waals surface area (Å²) in [7, 11) is 0. The number of piperazine rings is 1. The summed E-state index contributed by atoms with van der Waals surface area (Å²) in [4.78, 5) is 2.52. The Hall–Kier alpha value is -0.730. The van der Waals surface area contributed by atoms with Gasteiger partial charge in [0.1, 0.15) is 0 Å². The molecule has 1 aliphatic rings. The van der Waals surface area contributed by atoms with Gasteiger partial charge < -0.3 is 10.2 Å². The van der Waals surface area contributed by atoms with E-state index in [9.17, 15) is 0 Å². The van der Waals surface area contributed by atoms with Gasteiger partial charge in [-0.1, -0.05) is 18.2 Å². The van der Waals surface area contributed by atoms with Crippen LogP contribution in [0.5, 0.6) is 0 Å². The van der Waals surface area contributed by atoms with Gasteiger partial charge in [0, 0.05) is 30.4 Å². The zero-order chi connectivity index (χ0) is 11.8. The molecule has 0 spiro atoms. The maximum Gasteiger partial charge on any atom is 0.0399 e. The van der Waals surface area contributed by atoms with Crippen LogP contribution in [0.4, 0.5) is 5.69 Å². The lowest BCUT2D eigenvalue weighted by Crippen LogP contribution is -2.61. The number of halogens is 1. The number of para-hydroxylation sites is 1. The number of benzene rings is 1. The van der Waals surface area contributed by atoms with Crippen LogP contribution in [0.2, 0.25) is 0 Å². The molecular weight excluding hydrogens is 232 g/mol. The van der Waals surface area contributed by atoms with E-state index in [0.717, 1.165) is 13.1 Å². The van der Waals surface area contributed by atoms with Crippen LogP contribution in [-0.4, -0.2) is 24.7 Å². The number of aryl methyl sites for hydroxylation is 1. The summed E-state index contributed by atoms with van der Waals surface area (Å²) in [5, 5.41) is 3.59. The summed E-state index contributed by atoms with van der Waals surface area (Å²) < 4.78 is 0. The lowest BCUT2D eigenvalue weighted by Gasteiger charge is -2.45. The van der Waals surface area contributed by atoms with Crippen LogP contribution in [0.25, 0.3) is 0 Å². The van der Waals surface area contributed by atoms with Crippen molar-refractivity contribution in [3.8, 4) is 0 Å². The fourth-order valence-electron chi connectivity index (χ4n) is 2.38. The van der Waals surface area contributed by atoms with Gasteiger partial charge in [-0.15, -0.1) is 12.4 Å². The van der Waals surface area contributed by atoms with Gasteiger partial charge in [0.25, 0.3) is 0 Å². The molecule has 1 unspecified atom stereocenters. The predicted molar refractivity (Wildman–Crippen MR) is 77.3 cm³/mol. The summed E-state index contributed by atoms with van der Waals surface area (Å²) in [5.41, 5.74) is 2.95. The molecule has 1 N–H and O–H groups in total. The predicted octanol–water partition coefficient (Wildman–Crippen LogP) is 2.99. The zero-order valence-electron chi connectivity index (χ0n) is 11.2. The molecule has 1 aliphatic heterocycles. The normalized spacial score (nSPS) is 23.1. The van der Waals surface area contributed by atoms with Gasteiger partial charge in [-0.05, 0) is 39.3 Å². The molecule has 96 valence electrons. The molecule has 17 heavy (non-hydrogen) atoms. The van der Waals surface area contributed by atoms with E-state index in [1.165, 1.54) is 11.3 Å². The summed E-state index contributed by atoms with van der Waals surface area (Å²) in [6.45, 7) is 11.1. The second-order valence-electron chi connectivity index (χ2n) is 5.53. The first-order chi connectivity index (χ1) is 7.49. The Balaban J connectivity index is 0.00000144. The highest BCUT2D eigenvalue weighted by Crippen LogP contribution is 2.26. The minimum Gasteiger partial charge on any atom is -0.366 e. The molecule has 1 heterocycles. The summed E-state index contributed by atoms with van der Waals surface area (Å²) >= 11 is 0. The molecule has 0 radical (unpaired) electrons. The number of hydrogen-bond donors (Lipinski definition) is 1. The Morgan fingerprint density at radius 3 is 2.59 bits per heavy atom. The minimum absolute atomic E-state index is 0. The largest absolute Gasteiger partial charge is 0.366 e. The highest BCUT2D eigenvalue weighted by molar-refractivity contribution is 5.85. The molecule has 0 saturated carbocycles. The third-order valence-electron chi connectivity index (χ3n) is 3.40. The van der Waals surface area contributed by atoms with E-state index in [1.54, 1.807) is 0 Å². The van der Waals surface area contributed by atoms with Crippen LogP contribution in [0.1, 0.15) is 26.3 Å². The summed E-state index contributed by atoms with van der Waals surface area (Å²) in [6, 6.07) is 9.22. The van der Waals surface area contributed by atoms with Crippen molar-refractivity contribution in [1.82, 2.24) is 5.32 Å². The molecule has 0 bridgehead atoms. The van der Waals surface area contributed by atoms with E-state index in [1.807, 2.05) is 0 Å². The molecule has 1 saturated heterocycles. The highest BCUT2D eigenvalue weighted by Gasteiger charge is 2.30. The molecule has 2 rings (SSSR count). The lowest BCUT2D eigenvalue weighted by atomic mass is 9.98. The fourth-order valence-corrected chi connectivity index (χ4v) is 2.38. The second-order valence-corrected chi connectivity index (χ2v) is 5.53. The van der Waals surface area contributed by atoms with Crippen LogP contribution in [0.3, 0.4) is 0 Å². The van der Waals surface area contributed by atoms with Crippen molar-refractivity contribution in [3.05, 3.63) is 29.8 Å². The SMILES string of the molecule is Cc1ccccc1N1CC(C)(C)NCC1C.Cl. The van der Waals surface area contributed by atoms with Crippen LogP contribution in [0, 0.1) is 6.92 Å². The first-order valence-electron chi connectivity index (χ1n) is 6.07. The summed E-state index contributed by atoms with van der Waals surface area (Å²) in [5.74, 6) is 0. The molecule has 1 atom stereocenters. The first kappa shape index (κ1) is 14.3. The molecule has 3 heteroatoms. The third kappa shape index (κ3) is 3.14. The Bertz CT molecular complexity index is 376. The topological polar surface area (TPSA) is 15.3 Å². The van der Waals surface area contributed by atoms with Crippen molar-refractivity contribution in [1.29, 1.82) is 0 Å². The maximum absolute atomic E-state index is 3.59. The van der Waals surface area contributed by atoms with Crippen molar-refractivity contribution >= 4 is 18.1 Å². The molecule has 0 amide bonds. The molecule has 2 nitrogen and oxygen atoms in total. The van der Waals surface area contributed by atoms with Crippen LogP contribution in [0.15, 0.2) is 24.3 Å². The summed E-state index contributed by atoms with van der Waals surface area (Å²) in [6.07, 6.45) is 0. The van der Waals surface area contributed by atoms with Crippen molar-refractivity contribution in [2.45, 2.75) is 39.3 Å². The monoisotopic (exact) mass is 254 g/mol. The van der Waals surface area contributed by atoms with Gasteiger partial charge in [0.15, 0.2) is 0 Å². The van der Waals surface area contributed by atoms with Gasteiger partial charge in [-0.2, -0.15) is 0 Å². The number of anilines is 1. The van der Waals surface area contributed by atoms with Gasteiger partial charge in [-0.25, -0.2) is 0 Å². The molecule has 1 aromatic rings. The zero-order valence-corrected chi connectivity index (χ0v) is 12.0. The fraction of sp³-hybridized carbons (Fsp3) is 0.571. The number of rotatable bonds is 1. The number of nitrogens with zero attached hydrogens (tertiary/aromatic N) is 1. The quantitative estimate of drug-likeness (QED) is 0.829. The van der Waals surface area contributed by atoms with Crippen molar-refractivity contribution in [3.63, 3.8) is 0 Å². The van der Waals surface area contributed by atoms with Gasteiger partial charge in [0.05, 0.1) is 0 Å². The van der Waals surface area contributed by atoms with E-state index in [4.69, 9.17) is 0 Å². The molecule has 0 aliphatic carbocycles. The Labute approximate surface area is 111 Å². The maximum atomic E-state index is 3.59. The van der Waals surface area contributed by atoms with E-state index in [-0.39, 0.29) is 17.9 Å². The van der Waals surface area contributed by atoms with Crippen LogP contribution >= 0.6 is 12.4 Å². The lowest BCUT2D eigenvalue weighted by molar-refractivity contribution is 0.318. The van der Waals surface area contributed by atoms with E-state index >= 15 is 0 Å². The van der Waals surface area contributed by atoms with E-state index < -0.39 is 0 Å². The van der Waals surface area contributed by atoms with Gasteiger partial charge >= 0.3 is 0 Å². The smallest absolute Gasteiger partial charge is 0.0399 e. The average Bonchev–Trinajstić information content (AvgIpc) is 2.23. The minimum atomic E-state index is 0. The Kier molecular flexibility index (Phi) is 4.45. The molecular formula is C14H23ClN2. The van der Waals surface area contributed by atoms with Crippen molar-refractivity contribution in [2.24, 2.45) is 0 Å². The average molecular weight is 255 g/mol. The molecule has 0 aromatic heterocycles. The standard InChI is InChI=1S/C14H22N2.ClH/c1-11-7-5-6-8-13(11)16-10-14(3,4)15-9-12(16)2;/h5-8,12,15H,9-10H2,1-4H3;1H. The Morgan fingerprint density at radius 2 is 1.94 bits per heavy atom. The number of hydrogen-bond acceptors (Lipinski definition) is 2. The second kappa shape index (κ2) is 5.28. The molecule has 1 fully saturated rings. The Morgan fingerprint density at radius 1 is 1.29 bits per heavy atom. The number of nitrogens with one attached hydrogen (secondary N) is 1. The highest BCUT2D eigenvalue weighted by atomic mass is 35.5. The van der Waals surface area contributed by atoms with Gasteiger partial charge in [0.2, 0.25) is 0 Å². The first-order valence-corrected chi connectivity index (χ1v) is 6.07.